The number of carboxylic acids is 1. The molecule has 0 aromatic rings. The average molecular weight is 1030 g/mol. The Morgan fingerprint density at radius 2 is 0.945 bits per heavy atom. The Labute approximate surface area is 436 Å². The number of allylic oxidation sites excluding steroid dienone is 2. The van der Waals surface area contributed by atoms with Gasteiger partial charge in [-0.1, -0.05) is 89.2 Å². The standard InChI is InChI=1S/C53H95N9O11/c1-28(2)25-38(58(17)51(71)42(32(9)10)57-47(67)41(54-16)31(7)8)46(66)55-34(13)45(65)56-35(14)48(68)59(18)39(26-29(3)4)49(69)60(19)40(27-30(5)6)50(70)61(20)43(33(11)12)44(64)53(36(15)63,52(72)73)62(21)37-23-22-24-37/h23,28-36,38-43,54,63H,22,24-27H2,1-21H3,(H,55,66)(H,56,65)(H,57,67)(H,72,73)/t34?,35?,36?,38?,39?,40?,41?,42?,43?,53-/m1/s1. The maximum Gasteiger partial charge on any atom is 0.340 e. The summed E-state index contributed by atoms with van der Waals surface area (Å²) in [6, 6.07) is -8.50. The lowest BCUT2D eigenvalue weighted by atomic mass is 9.78. The molecule has 0 bridgehead atoms. The molecule has 9 unspecified atom stereocenters. The Morgan fingerprint density at radius 1 is 0.534 bits per heavy atom. The maximum atomic E-state index is 14.8. The predicted molar refractivity (Wildman–Crippen MR) is 281 cm³/mol. The molecule has 1 aliphatic rings. The first kappa shape index (κ1) is 65.9. The van der Waals surface area contributed by atoms with Crippen LogP contribution in [0.1, 0.15) is 136 Å². The van der Waals surface area contributed by atoms with Gasteiger partial charge in [-0.15, -0.1) is 0 Å². The Balaban J connectivity index is 3.47. The lowest BCUT2D eigenvalue weighted by molar-refractivity contribution is -0.168. The van der Waals surface area contributed by atoms with Gasteiger partial charge in [0.25, 0.3) is 0 Å². The fourth-order valence-corrected chi connectivity index (χ4v) is 9.56. The number of ketones is 1. The predicted octanol–water partition coefficient (Wildman–Crippen LogP) is 2.87. The van der Waals surface area contributed by atoms with Crippen LogP contribution in [0.2, 0.25) is 0 Å². The number of Topliss-reactive ketones (excluding diaryl/α,β-unsaturated/α-hetero) is 1. The quantitative estimate of drug-likeness (QED) is 0.0567. The minimum atomic E-state index is -2.43. The number of carbonyl (C=O) groups is 9. The van der Waals surface area contributed by atoms with Gasteiger partial charge >= 0.3 is 5.97 Å². The van der Waals surface area contributed by atoms with Crippen LogP contribution in [-0.4, -0.2) is 190 Å². The lowest BCUT2D eigenvalue weighted by Crippen LogP contribution is -2.70. The largest absolute Gasteiger partial charge is 0.479 e. The SMILES string of the molecule is CNC(C(=O)NC(C(=O)N(C)C(CC(C)C)C(=O)NC(C)C(=O)NC(C)C(=O)N(C)C(CC(C)C)C(=O)N(C)C(CC(C)C)C(=O)N(C)C(C(=O)[C@@](C(=O)O)(C(C)O)N(C)C1=CCC1)C(C)C)C(C)C)C(C)C. The van der Waals surface area contributed by atoms with Crippen LogP contribution in [0.4, 0.5) is 0 Å². The molecule has 1 aliphatic carbocycles. The molecular formula is C53H95N9O11. The molecule has 0 fully saturated rings. The highest BCUT2D eigenvalue weighted by atomic mass is 16.4. The lowest BCUT2D eigenvalue weighted by Gasteiger charge is -2.47. The number of carbonyl (C=O) groups excluding carboxylic acids is 8. The minimum Gasteiger partial charge on any atom is -0.479 e. The third kappa shape index (κ3) is 16.4. The highest BCUT2D eigenvalue weighted by molar-refractivity contribution is 6.12. The third-order valence-corrected chi connectivity index (χ3v) is 14.1. The van der Waals surface area contributed by atoms with Crippen molar-refractivity contribution in [2.24, 2.45) is 35.5 Å². The van der Waals surface area contributed by atoms with Crippen LogP contribution in [0.15, 0.2) is 11.8 Å². The van der Waals surface area contributed by atoms with Crippen LogP contribution < -0.4 is 21.3 Å². The second-order valence-electron chi connectivity index (χ2n) is 22.5. The van der Waals surface area contributed by atoms with E-state index in [-0.39, 0.29) is 54.8 Å². The van der Waals surface area contributed by atoms with Crippen LogP contribution in [-0.2, 0) is 43.2 Å². The number of nitrogens with one attached hydrogen (secondary N) is 4. The van der Waals surface area contributed by atoms with Crippen molar-refractivity contribution < 1.29 is 53.4 Å². The highest BCUT2D eigenvalue weighted by Gasteiger charge is 2.58. The van der Waals surface area contributed by atoms with Crippen molar-refractivity contribution in [2.45, 2.75) is 196 Å². The third-order valence-electron chi connectivity index (χ3n) is 14.1. The minimum absolute atomic E-state index is 0.0480. The molecule has 1 rings (SSSR count). The topological polar surface area (TPSA) is 258 Å². The summed E-state index contributed by atoms with van der Waals surface area (Å²) >= 11 is 0. The second kappa shape index (κ2) is 28.5. The number of aliphatic carboxylic acids is 1. The van der Waals surface area contributed by atoms with Gasteiger partial charge in [-0.2, -0.15) is 0 Å². The van der Waals surface area contributed by atoms with Crippen LogP contribution in [0, 0.1) is 35.5 Å². The summed E-state index contributed by atoms with van der Waals surface area (Å²) in [4.78, 5) is 133. The number of likely N-dealkylation sites (N-methyl/N-ethyl adjacent to an activating group) is 6. The van der Waals surface area contributed by atoms with E-state index in [0.717, 1.165) is 0 Å². The molecule has 0 saturated heterocycles. The zero-order valence-corrected chi connectivity index (χ0v) is 48.1. The van der Waals surface area contributed by atoms with E-state index < -0.39 is 113 Å². The molecule has 0 aromatic heterocycles. The first-order chi connectivity index (χ1) is 33.6. The van der Waals surface area contributed by atoms with E-state index >= 15 is 0 Å². The van der Waals surface area contributed by atoms with Crippen molar-refractivity contribution in [2.75, 3.05) is 42.3 Å². The normalized spacial score (nSPS) is 17.2. The molecule has 6 N–H and O–H groups in total. The number of carboxylic acid groups (broad SMARTS) is 1. The molecule has 7 amide bonds. The van der Waals surface area contributed by atoms with Crippen LogP contribution in [0.3, 0.4) is 0 Å². The number of amides is 7. The van der Waals surface area contributed by atoms with E-state index in [1.54, 1.807) is 40.8 Å². The number of aliphatic hydroxyl groups excluding tert-OH is 1. The van der Waals surface area contributed by atoms with Crippen LogP contribution in [0.25, 0.3) is 0 Å². The Kier molecular flexibility index (Phi) is 25.8. The van der Waals surface area contributed by atoms with Gasteiger partial charge in [0, 0.05) is 40.9 Å². The molecule has 418 valence electrons. The molecule has 0 aromatic carbocycles. The average Bonchev–Trinajstić information content (AvgIpc) is 3.25. The summed E-state index contributed by atoms with van der Waals surface area (Å²) in [5, 5.41) is 33.0. The number of hydrogen-bond acceptors (Lipinski definition) is 12. The molecule has 0 aliphatic heterocycles. The summed E-state index contributed by atoms with van der Waals surface area (Å²) in [6.07, 6.45) is 1.85. The van der Waals surface area contributed by atoms with Crippen molar-refractivity contribution >= 4 is 53.1 Å². The van der Waals surface area contributed by atoms with Gasteiger partial charge in [-0.3, -0.25) is 38.4 Å². The van der Waals surface area contributed by atoms with Gasteiger partial charge in [0.1, 0.15) is 36.3 Å². The highest BCUT2D eigenvalue weighted by Crippen LogP contribution is 2.35. The Morgan fingerprint density at radius 3 is 1.32 bits per heavy atom. The van der Waals surface area contributed by atoms with E-state index in [2.05, 4.69) is 21.3 Å². The van der Waals surface area contributed by atoms with E-state index in [1.165, 1.54) is 80.5 Å². The molecule has 73 heavy (non-hydrogen) atoms. The zero-order valence-electron chi connectivity index (χ0n) is 48.1. The van der Waals surface area contributed by atoms with E-state index in [1.807, 2.05) is 55.4 Å². The van der Waals surface area contributed by atoms with E-state index in [4.69, 9.17) is 0 Å². The first-order valence-corrected chi connectivity index (χ1v) is 26.1. The summed E-state index contributed by atoms with van der Waals surface area (Å²) < 4.78 is 0. The van der Waals surface area contributed by atoms with Crippen molar-refractivity contribution in [3.63, 3.8) is 0 Å². The fourth-order valence-electron chi connectivity index (χ4n) is 9.56. The summed E-state index contributed by atoms with van der Waals surface area (Å²) in [5.41, 5.74) is -1.85. The van der Waals surface area contributed by atoms with Gasteiger partial charge < -0.3 is 56.0 Å². The maximum absolute atomic E-state index is 14.8. The molecule has 0 saturated carbocycles. The fraction of sp³-hybridized carbons (Fsp3) is 0.792. The Hall–Kier alpha value is -5.11. The molecule has 0 heterocycles. The molecule has 10 atom stereocenters. The van der Waals surface area contributed by atoms with Crippen molar-refractivity contribution in [1.29, 1.82) is 0 Å². The van der Waals surface area contributed by atoms with Crippen molar-refractivity contribution in [1.82, 2.24) is 45.8 Å². The summed E-state index contributed by atoms with van der Waals surface area (Å²) in [7, 11) is 8.88. The van der Waals surface area contributed by atoms with Crippen LogP contribution in [0.5, 0.6) is 0 Å². The summed E-state index contributed by atoms with van der Waals surface area (Å²) in [5.74, 6) is -7.76. The number of hydrogen-bond donors (Lipinski definition) is 6. The molecule has 20 nitrogen and oxygen atoms in total. The van der Waals surface area contributed by atoms with E-state index in [9.17, 15) is 53.4 Å². The number of rotatable bonds is 30. The Bertz CT molecular complexity index is 1970. The van der Waals surface area contributed by atoms with Gasteiger partial charge in [-0.05, 0) is 95.4 Å². The monoisotopic (exact) mass is 1030 g/mol. The van der Waals surface area contributed by atoms with Crippen LogP contribution >= 0.6 is 0 Å². The molecular weight excluding hydrogens is 939 g/mol. The van der Waals surface area contributed by atoms with Gasteiger partial charge in [0.15, 0.2) is 5.78 Å². The molecule has 20 heteroatoms. The zero-order chi connectivity index (χ0) is 56.9. The molecule has 0 radical (unpaired) electrons. The first-order valence-electron chi connectivity index (χ1n) is 26.1. The van der Waals surface area contributed by atoms with Gasteiger partial charge in [0.2, 0.25) is 46.9 Å². The summed E-state index contributed by atoms with van der Waals surface area (Å²) in [6.45, 7) is 26.1. The van der Waals surface area contributed by atoms with Crippen molar-refractivity contribution in [3.8, 4) is 0 Å². The van der Waals surface area contributed by atoms with Gasteiger partial charge in [0.05, 0.1) is 18.2 Å². The smallest absolute Gasteiger partial charge is 0.340 e. The second-order valence-corrected chi connectivity index (χ2v) is 22.5. The van der Waals surface area contributed by atoms with Crippen molar-refractivity contribution in [3.05, 3.63) is 11.8 Å². The number of nitrogens with zero attached hydrogens (tertiary/aromatic N) is 5. The number of aliphatic hydroxyl groups is 1. The van der Waals surface area contributed by atoms with Gasteiger partial charge in [-0.25, -0.2) is 4.79 Å². The van der Waals surface area contributed by atoms with E-state index in [0.29, 0.717) is 18.5 Å². The molecule has 0 spiro atoms.